The van der Waals surface area contributed by atoms with E-state index < -0.39 is 0 Å². The SMILES string of the molecule is CC(C)(C)n1cc(C(=O)NC2CCC(N)CC2)cn1.Cl. The molecule has 3 N–H and O–H groups in total. The molecule has 20 heavy (non-hydrogen) atoms. The van der Waals surface area contributed by atoms with Crippen LogP contribution >= 0.6 is 12.4 Å². The van der Waals surface area contributed by atoms with Gasteiger partial charge in [0.1, 0.15) is 0 Å². The summed E-state index contributed by atoms with van der Waals surface area (Å²) in [6.07, 6.45) is 7.37. The molecule has 1 aliphatic carbocycles. The molecule has 5 nitrogen and oxygen atoms in total. The van der Waals surface area contributed by atoms with Gasteiger partial charge in [-0.05, 0) is 46.5 Å². The molecule has 0 spiro atoms. The normalized spacial score (nSPS) is 23.0. The number of hydrogen-bond acceptors (Lipinski definition) is 3. The fourth-order valence-electron chi connectivity index (χ4n) is 2.34. The fourth-order valence-corrected chi connectivity index (χ4v) is 2.34. The summed E-state index contributed by atoms with van der Waals surface area (Å²) in [6.45, 7) is 6.18. The van der Waals surface area contributed by atoms with Gasteiger partial charge in [-0.25, -0.2) is 0 Å². The minimum absolute atomic E-state index is 0. The summed E-state index contributed by atoms with van der Waals surface area (Å²) >= 11 is 0. The van der Waals surface area contributed by atoms with Gasteiger partial charge in [-0.1, -0.05) is 0 Å². The predicted octanol–water partition coefficient (Wildman–Crippen LogP) is 2.06. The maximum absolute atomic E-state index is 12.1. The Labute approximate surface area is 126 Å². The third-order valence-corrected chi connectivity index (χ3v) is 3.64. The van der Waals surface area contributed by atoms with Crippen LogP contribution in [0.15, 0.2) is 12.4 Å². The van der Waals surface area contributed by atoms with Gasteiger partial charge in [0.2, 0.25) is 0 Å². The van der Waals surface area contributed by atoms with E-state index in [2.05, 4.69) is 31.2 Å². The number of hydrogen-bond donors (Lipinski definition) is 2. The molecule has 0 aromatic carbocycles. The van der Waals surface area contributed by atoms with Crippen LogP contribution in [-0.4, -0.2) is 27.8 Å². The van der Waals surface area contributed by atoms with Crippen molar-refractivity contribution in [3.05, 3.63) is 18.0 Å². The summed E-state index contributed by atoms with van der Waals surface area (Å²) in [5.41, 5.74) is 6.39. The average Bonchev–Trinajstić information content (AvgIpc) is 2.81. The van der Waals surface area contributed by atoms with Crippen molar-refractivity contribution in [2.24, 2.45) is 5.73 Å². The topological polar surface area (TPSA) is 72.9 Å². The van der Waals surface area contributed by atoms with Crippen molar-refractivity contribution in [3.8, 4) is 0 Å². The van der Waals surface area contributed by atoms with Gasteiger partial charge in [0.25, 0.3) is 5.91 Å². The first-order valence-corrected chi connectivity index (χ1v) is 6.98. The van der Waals surface area contributed by atoms with E-state index in [0.717, 1.165) is 25.7 Å². The van der Waals surface area contributed by atoms with Crippen LogP contribution in [0.25, 0.3) is 0 Å². The Kier molecular flexibility index (Phi) is 5.59. The van der Waals surface area contributed by atoms with E-state index in [1.165, 1.54) is 0 Å². The van der Waals surface area contributed by atoms with E-state index in [-0.39, 0.29) is 29.9 Å². The second-order valence-electron chi connectivity index (χ2n) is 6.43. The molecule has 6 heteroatoms. The van der Waals surface area contributed by atoms with Gasteiger partial charge in [0.05, 0.1) is 17.3 Å². The lowest BCUT2D eigenvalue weighted by Gasteiger charge is -2.26. The van der Waals surface area contributed by atoms with E-state index >= 15 is 0 Å². The van der Waals surface area contributed by atoms with Crippen molar-refractivity contribution in [1.29, 1.82) is 0 Å². The van der Waals surface area contributed by atoms with Crippen LogP contribution in [0.4, 0.5) is 0 Å². The molecule has 1 aliphatic rings. The molecule has 0 saturated heterocycles. The molecule has 0 aliphatic heterocycles. The van der Waals surface area contributed by atoms with Crippen molar-refractivity contribution in [3.63, 3.8) is 0 Å². The maximum atomic E-state index is 12.1. The van der Waals surface area contributed by atoms with Gasteiger partial charge in [0.15, 0.2) is 0 Å². The van der Waals surface area contributed by atoms with Gasteiger partial charge in [-0.3, -0.25) is 9.48 Å². The van der Waals surface area contributed by atoms with E-state index in [4.69, 9.17) is 5.73 Å². The number of rotatable bonds is 2. The largest absolute Gasteiger partial charge is 0.349 e. The quantitative estimate of drug-likeness (QED) is 0.878. The van der Waals surface area contributed by atoms with E-state index in [9.17, 15) is 4.79 Å². The number of aromatic nitrogens is 2. The molecule has 0 atom stereocenters. The van der Waals surface area contributed by atoms with Crippen molar-refractivity contribution in [2.45, 2.75) is 64.1 Å². The minimum Gasteiger partial charge on any atom is -0.349 e. The summed E-state index contributed by atoms with van der Waals surface area (Å²) in [7, 11) is 0. The molecular formula is C14H25ClN4O. The predicted molar refractivity (Wildman–Crippen MR) is 82.2 cm³/mol. The molecule has 1 aromatic heterocycles. The number of nitrogens with zero attached hydrogens (tertiary/aromatic N) is 2. The molecule has 1 amide bonds. The standard InChI is InChI=1S/C14H24N4O.ClH/c1-14(2,3)18-9-10(8-16-18)13(19)17-12-6-4-11(15)5-7-12;/h8-9,11-12H,4-7,15H2,1-3H3,(H,17,19);1H. The zero-order chi connectivity index (χ0) is 14.0. The average molecular weight is 301 g/mol. The summed E-state index contributed by atoms with van der Waals surface area (Å²) in [6, 6.07) is 0.557. The molecule has 1 aromatic rings. The highest BCUT2D eigenvalue weighted by molar-refractivity contribution is 5.93. The third kappa shape index (κ3) is 4.21. The third-order valence-electron chi connectivity index (χ3n) is 3.64. The van der Waals surface area contributed by atoms with Gasteiger partial charge < -0.3 is 11.1 Å². The molecule has 114 valence electrons. The number of carbonyl (C=O) groups is 1. The van der Waals surface area contributed by atoms with Crippen molar-refractivity contribution in [1.82, 2.24) is 15.1 Å². The van der Waals surface area contributed by atoms with E-state index in [1.807, 2.05) is 10.9 Å². The number of halogens is 1. The first-order chi connectivity index (χ1) is 8.86. The number of nitrogens with one attached hydrogen (secondary N) is 1. The highest BCUT2D eigenvalue weighted by Crippen LogP contribution is 2.18. The molecule has 0 bridgehead atoms. The lowest BCUT2D eigenvalue weighted by molar-refractivity contribution is 0.0925. The smallest absolute Gasteiger partial charge is 0.254 e. The lowest BCUT2D eigenvalue weighted by atomic mass is 9.92. The summed E-state index contributed by atoms with van der Waals surface area (Å²) < 4.78 is 1.82. The lowest BCUT2D eigenvalue weighted by Crippen LogP contribution is -2.40. The van der Waals surface area contributed by atoms with Gasteiger partial charge in [-0.2, -0.15) is 5.10 Å². The second kappa shape index (κ2) is 6.59. The first-order valence-electron chi connectivity index (χ1n) is 6.98. The zero-order valence-electron chi connectivity index (χ0n) is 12.4. The molecular weight excluding hydrogens is 276 g/mol. The van der Waals surface area contributed by atoms with Crippen LogP contribution in [0.3, 0.4) is 0 Å². The number of carbonyl (C=O) groups excluding carboxylic acids is 1. The maximum Gasteiger partial charge on any atom is 0.254 e. The van der Waals surface area contributed by atoms with Crippen LogP contribution in [0, 0.1) is 0 Å². The monoisotopic (exact) mass is 300 g/mol. The van der Waals surface area contributed by atoms with Crippen molar-refractivity contribution < 1.29 is 4.79 Å². The van der Waals surface area contributed by atoms with Crippen molar-refractivity contribution in [2.75, 3.05) is 0 Å². The minimum atomic E-state index is -0.101. The fraction of sp³-hybridized carbons (Fsp3) is 0.714. The van der Waals surface area contributed by atoms with Crippen LogP contribution in [0.1, 0.15) is 56.8 Å². The molecule has 1 fully saturated rings. The molecule has 0 unspecified atom stereocenters. The second-order valence-corrected chi connectivity index (χ2v) is 6.43. The van der Waals surface area contributed by atoms with Crippen LogP contribution < -0.4 is 11.1 Å². The van der Waals surface area contributed by atoms with Crippen LogP contribution in [-0.2, 0) is 5.54 Å². The highest BCUT2D eigenvalue weighted by atomic mass is 35.5. The Hall–Kier alpha value is -1.07. The van der Waals surface area contributed by atoms with E-state index in [1.54, 1.807) is 6.20 Å². The Morgan fingerprint density at radius 2 is 1.95 bits per heavy atom. The number of amides is 1. The highest BCUT2D eigenvalue weighted by Gasteiger charge is 2.22. The zero-order valence-corrected chi connectivity index (χ0v) is 13.2. The van der Waals surface area contributed by atoms with Gasteiger partial charge in [-0.15, -0.1) is 12.4 Å². The van der Waals surface area contributed by atoms with Gasteiger partial charge >= 0.3 is 0 Å². The summed E-state index contributed by atoms with van der Waals surface area (Å²) in [5.74, 6) is -0.0315. The number of nitrogens with two attached hydrogens (primary N) is 1. The van der Waals surface area contributed by atoms with Crippen molar-refractivity contribution >= 4 is 18.3 Å². The van der Waals surface area contributed by atoms with Crippen LogP contribution in [0.2, 0.25) is 0 Å². The Morgan fingerprint density at radius 3 is 2.45 bits per heavy atom. The summed E-state index contributed by atoms with van der Waals surface area (Å²) in [5, 5.41) is 7.32. The molecule has 2 rings (SSSR count). The molecule has 1 heterocycles. The molecule has 1 saturated carbocycles. The summed E-state index contributed by atoms with van der Waals surface area (Å²) in [4.78, 5) is 12.1. The Morgan fingerprint density at radius 1 is 1.35 bits per heavy atom. The van der Waals surface area contributed by atoms with Gasteiger partial charge in [0, 0.05) is 18.3 Å². The first kappa shape index (κ1) is 17.0. The Balaban J connectivity index is 0.00000200. The van der Waals surface area contributed by atoms with E-state index in [0.29, 0.717) is 11.6 Å². The molecule has 0 radical (unpaired) electrons. The van der Waals surface area contributed by atoms with Crippen LogP contribution in [0.5, 0.6) is 0 Å². The Bertz CT molecular complexity index is 444.